The van der Waals surface area contributed by atoms with Crippen LogP contribution in [0.5, 0.6) is 5.75 Å². The van der Waals surface area contributed by atoms with Crippen molar-refractivity contribution in [2.45, 2.75) is 13.0 Å². The number of carbonyl (C=O) groups is 1. The molecule has 2 aromatic heterocycles. The number of hydrogen-bond donors (Lipinski definition) is 1. The molecule has 0 bridgehead atoms. The Balaban J connectivity index is 1.73. The van der Waals surface area contributed by atoms with Gasteiger partial charge < -0.3 is 14.3 Å². The average Bonchev–Trinajstić information content (AvgIpc) is 3.32. The van der Waals surface area contributed by atoms with Crippen LogP contribution in [-0.4, -0.2) is 38.0 Å². The average molecular weight is 612 g/mol. The SMILES string of the molecule is C[C@@H](Oc1c(C=Nn2c(-c3cc4cc(Cl)ccc4o3)nc3ccccc3c2=O)cc(Br)cc1[N+](=O)[O-])C(=O)O. The maximum atomic E-state index is 13.5. The van der Waals surface area contributed by atoms with Crippen molar-refractivity contribution in [2.24, 2.45) is 5.10 Å². The molecule has 3 aromatic carbocycles. The Morgan fingerprint density at radius 2 is 2.03 bits per heavy atom. The Morgan fingerprint density at radius 1 is 1.26 bits per heavy atom. The molecule has 1 N–H and O–H groups in total. The summed E-state index contributed by atoms with van der Waals surface area (Å²) in [5.74, 6) is -1.36. The van der Waals surface area contributed by atoms with Crippen LogP contribution >= 0.6 is 27.5 Å². The number of rotatable bonds is 7. The van der Waals surface area contributed by atoms with Gasteiger partial charge in [0.05, 0.1) is 22.0 Å². The number of carboxylic acid groups (broad SMARTS) is 1. The highest BCUT2D eigenvalue weighted by atomic mass is 79.9. The summed E-state index contributed by atoms with van der Waals surface area (Å²) in [6.45, 7) is 1.23. The lowest BCUT2D eigenvalue weighted by Gasteiger charge is -2.13. The second-order valence-corrected chi connectivity index (χ2v) is 9.66. The van der Waals surface area contributed by atoms with E-state index in [2.05, 4.69) is 26.0 Å². The third-order valence-corrected chi connectivity index (χ3v) is 6.36. The van der Waals surface area contributed by atoms with Gasteiger partial charge in [-0.2, -0.15) is 9.78 Å². The summed E-state index contributed by atoms with van der Waals surface area (Å²) in [5, 5.41) is 26.8. The Labute approximate surface area is 232 Å². The van der Waals surface area contributed by atoms with Crippen LogP contribution < -0.4 is 10.3 Å². The smallest absolute Gasteiger partial charge is 0.344 e. The van der Waals surface area contributed by atoms with Crippen molar-refractivity contribution in [1.29, 1.82) is 0 Å². The predicted molar refractivity (Wildman–Crippen MR) is 148 cm³/mol. The molecule has 0 fully saturated rings. The van der Waals surface area contributed by atoms with Gasteiger partial charge in [0.2, 0.25) is 11.6 Å². The molecule has 5 aromatic rings. The number of hydrogen-bond acceptors (Lipinski definition) is 8. The number of nitro benzene ring substituents is 1. The number of nitro groups is 1. The van der Waals surface area contributed by atoms with E-state index in [1.54, 1.807) is 48.5 Å². The van der Waals surface area contributed by atoms with Crippen LogP contribution in [0.4, 0.5) is 5.69 Å². The number of carboxylic acids is 1. The van der Waals surface area contributed by atoms with E-state index in [0.717, 1.165) is 10.9 Å². The molecule has 0 radical (unpaired) electrons. The van der Waals surface area contributed by atoms with Gasteiger partial charge in [-0.15, -0.1) is 0 Å². The predicted octanol–water partition coefficient (Wildman–Crippen LogP) is 5.87. The number of furan rings is 1. The van der Waals surface area contributed by atoms with Gasteiger partial charge in [-0.1, -0.05) is 39.7 Å². The zero-order valence-electron chi connectivity index (χ0n) is 19.9. The summed E-state index contributed by atoms with van der Waals surface area (Å²) in [5.41, 5.74) is -0.0618. The fourth-order valence-corrected chi connectivity index (χ4v) is 4.47. The molecule has 0 aliphatic carbocycles. The van der Waals surface area contributed by atoms with E-state index in [-0.39, 0.29) is 28.3 Å². The quantitative estimate of drug-likeness (QED) is 0.136. The molecular formula is C26H16BrClN4O7. The number of nitrogens with zero attached hydrogens (tertiary/aromatic N) is 4. The monoisotopic (exact) mass is 610 g/mol. The van der Waals surface area contributed by atoms with Crippen molar-refractivity contribution < 1.29 is 24.0 Å². The standard InChI is InChI=1S/C26H16BrClN4O7/c1-13(26(34)35)38-23-15(8-16(27)11-20(23)32(36)37)12-29-31-24(30-19-5-3-2-4-18(19)25(31)33)22-10-14-9-17(28)6-7-21(14)39-22/h2-13H,1H3,(H,34,35)/t13-/m1/s1. The topological polar surface area (TPSA) is 150 Å². The van der Waals surface area contributed by atoms with E-state index in [1.807, 2.05) is 0 Å². The van der Waals surface area contributed by atoms with Crippen LogP contribution in [0.2, 0.25) is 5.02 Å². The maximum absolute atomic E-state index is 13.5. The lowest BCUT2D eigenvalue weighted by atomic mass is 10.2. The molecule has 0 unspecified atom stereocenters. The van der Waals surface area contributed by atoms with E-state index in [0.29, 0.717) is 26.0 Å². The van der Waals surface area contributed by atoms with E-state index in [1.165, 1.54) is 19.1 Å². The zero-order valence-corrected chi connectivity index (χ0v) is 22.2. The molecule has 0 aliphatic rings. The van der Waals surface area contributed by atoms with Crippen molar-refractivity contribution in [2.75, 3.05) is 0 Å². The summed E-state index contributed by atoms with van der Waals surface area (Å²) in [4.78, 5) is 40.5. The first kappa shape index (κ1) is 26.1. The lowest BCUT2D eigenvalue weighted by molar-refractivity contribution is -0.386. The van der Waals surface area contributed by atoms with Crippen molar-refractivity contribution in [3.05, 3.63) is 96.2 Å². The van der Waals surface area contributed by atoms with Crippen molar-refractivity contribution in [1.82, 2.24) is 9.66 Å². The summed E-state index contributed by atoms with van der Waals surface area (Å²) < 4.78 is 12.7. The van der Waals surface area contributed by atoms with Crippen LogP contribution in [0, 0.1) is 10.1 Å². The first-order chi connectivity index (χ1) is 18.6. The zero-order chi connectivity index (χ0) is 27.8. The van der Waals surface area contributed by atoms with E-state index in [4.69, 9.17) is 20.8 Å². The fraction of sp³-hybridized carbons (Fsp3) is 0.0769. The van der Waals surface area contributed by atoms with E-state index >= 15 is 0 Å². The van der Waals surface area contributed by atoms with Crippen LogP contribution in [0.1, 0.15) is 12.5 Å². The molecule has 5 rings (SSSR count). The Bertz CT molecular complexity index is 1880. The Kier molecular flexibility index (Phi) is 6.89. The third kappa shape index (κ3) is 5.11. The summed E-state index contributed by atoms with van der Waals surface area (Å²) in [6.07, 6.45) is -0.247. The van der Waals surface area contributed by atoms with Gasteiger partial charge in [0.1, 0.15) is 5.58 Å². The minimum absolute atomic E-state index is 0.0478. The molecular weight excluding hydrogens is 596 g/mol. The number of fused-ring (bicyclic) bond motifs is 2. The van der Waals surface area contributed by atoms with E-state index < -0.39 is 28.2 Å². The molecule has 1 atom stereocenters. The molecule has 39 heavy (non-hydrogen) atoms. The number of benzene rings is 3. The molecule has 196 valence electrons. The molecule has 0 aliphatic heterocycles. The van der Waals surface area contributed by atoms with Gasteiger partial charge in [-0.25, -0.2) is 9.78 Å². The number of para-hydroxylation sites is 1. The Morgan fingerprint density at radius 3 is 2.77 bits per heavy atom. The molecule has 11 nitrogen and oxygen atoms in total. The molecule has 0 spiro atoms. The van der Waals surface area contributed by atoms with Gasteiger partial charge >= 0.3 is 11.7 Å². The van der Waals surface area contributed by atoms with Gasteiger partial charge in [0, 0.05) is 26.5 Å². The minimum atomic E-state index is -1.40. The normalized spacial score (nSPS) is 12.3. The van der Waals surface area contributed by atoms with Crippen LogP contribution in [0.15, 0.2) is 79.4 Å². The molecule has 0 saturated heterocycles. The van der Waals surface area contributed by atoms with Gasteiger partial charge in [-0.05, 0) is 49.4 Å². The summed E-state index contributed by atoms with van der Waals surface area (Å²) in [7, 11) is 0. The fourth-order valence-electron chi connectivity index (χ4n) is 3.82. The first-order valence-corrected chi connectivity index (χ1v) is 12.4. The lowest BCUT2D eigenvalue weighted by Crippen LogP contribution is -2.24. The number of ether oxygens (including phenoxy) is 1. The van der Waals surface area contributed by atoms with Gasteiger partial charge in [0.25, 0.3) is 5.56 Å². The highest BCUT2D eigenvalue weighted by molar-refractivity contribution is 9.10. The summed E-state index contributed by atoms with van der Waals surface area (Å²) in [6, 6.07) is 16.0. The number of aromatic nitrogens is 2. The number of aliphatic carboxylic acids is 1. The van der Waals surface area contributed by atoms with Crippen LogP contribution in [0.25, 0.3) is 33.5 Å². The van der Waals surface area contributed by atoms with Gasteiger partial charge in [0.15, 0.2) is 11.9 Å². The highest BCUT2D eigenvalue weighted by Gasteiger charge is 2.25. The molecule has 0 saturated carbocycles. The molecule has 13 heteroatoms. The Hall–Kier alpha value is -4.55. The van der Waals surface area contributed by atoms with Gasteiger partial charge in [-0.3, -0.25) is 14.9 Å². The summed E-state index contributed by atoms with van der Waals surface area (Å²) >= 11 is 9.32. The second kappa shape index (κ2) is 10.3. The van der Waals surface area contributed by atoms with Crippen molar-refractivity contribution in [3.63, 3.8) is 0 Å². The number of halogens is 2. The van der Waals surface area contributed by atoms with E-state index in [9.17, 15) is 24.8 Å². The largest absolute Gasteiger partial charge is 0.479 e. The minimum Gasteiger partial charge on any atom is -0.479 e. The highest BCUT2D eigenvalue weighted by Crippen LogP contribution is 2.35. The van der Waals surface area contributed by atoms with Crippen LogP contribution in [0.3, 0.4) is 0 Å². The van der Waals surface area contributed by atoms with Crippen molar-refractivity contribution in [3.8, 4) is 17.3 Å². The van der Waals surface area contributed by atoms with Crippen LogP contribution in [-0.2, 0) is 4.79 Å². The third-order valence-electron chi connectivity index (χ3n) is 5.67. The van der Waals surface area contributed by atoms with Crippen molar-refractivity contribution >= 4 is 67.3 Å². The first-order valence-electron chi connectivity index (χ1n) is 11.3. The molecule has 0 amide bonds. The maximum Gasteiger partial charge on any atom is 0.344 e. The molecule has 2 heterocycles. The second-order valence-electron chi connectivity index (χ2n) is 8.31.